The predicted molar refractivity (Wildman–Crippen MR) is 104 cm³/mol. The van der Waals surface area contributed by atoms with Gasteiger partial charge in [0.25, 0.3) is 5.91 Å². The monoisotopic (exact) mass is 383 g/mol. The maximum Gasteiger partial charge on any atom is 0.274 e. The van der Waals surface area contributed by atoms with Gasteiger partial charge in [-0.3, -0.25) is 14.9 Å². The van der Waals surface area contributed by atoms with E-state index in [0.717, 1.165) is 11.4 Å². The molecule has 0 bridgehead atoms. The Bertz CT molecular complexity index is 933. The normalized spacial score (nSPS) is 10.7. The largest absolute Gasteiger partial charge is 0.347 e. The zero-order valence-electron chi connectivity index (χ0n) is 15.3. The number of nitrogens with zero attached hydrogens (tertiary/aromatic N) is 4. The minimum Gasteiger partial charge on any atom is -0.347 e. The lowest BCUT2D eigenvalue weighted by atomic mass is 10.1. The summed E-state index contributed by atoms with van der Waals surface area (Å²) in [5.74, 6) is 0.183. The molecule has 0 unspecified atom stereocenters. The van der Waals surface area contributed by atoms with Crippen LogP contribution in [-0.2, 0) is 24.8 Å². The molecule has 2 aromatic heterocycles. The van der Waals surface area contributed by atoms with Gasteiger partial charge in [0.15, 0.2) is 5.16 Å². The predicted octanol–water partition coefficient (Wildman–Crippen LogP) is 2.28. The first-order valence-electron chi connectivity index (χ1n) is 8.62. The van der Waals surface area contributed by atoms with Crippen molar-refractivity contribution in [1.29, 1.82) is 0 Å². The third-order valence-electron chi connectivity index (χ3n) is 4.08. The summed E-state index contributed by atoms with van der Waals surface area (Å²) in [5.41, 5.74) is 1.59. The van der Waals surface area contributed by atoms with Gasteiger partial charge in [0.05, 0.1) is 5.75 Å². The van der Waals surface area contributed by atoms with Gasteiger partial charge in [-0.1, -0.05) is 42.1 Å². The fraction of sp³-hybridized carbons (Fsp3) is 0.263. The zero-order valence-corrected chi connectivity index (χ0v) is 16.1. The first-order chi connectivity index (χ1) is 13.1. The van der Waals surface area contributed by atoms with Crippen molar-refractivity contribution < 1.29 is 9.59 Å². The molecule has 3 aromatic rings. The van der Waals surface area contributed by atoms with E-state index in [2.05, 4.69) is 15.5 Å². The summed E-state index contributed by atoms with van der Waals surface area (Å²) in [4.78, 5) is 24.2. The molecule has 0 aliphatic rings. The average molecular weight is 383 g/mol. The number of aryl methyl sites for hydroxylation is 1. The van der Waals surface area contributed by atoms with Gasteiger partial charge < -0.3 is 9.13 Å². The van der Waals surface area contributed by atoms with Crippen LogP contribution in [0.4, 0.5) is 0 Å². The molecule has 0 spiro atoms. The number of carbonyl (C=O) groups excluding carboxylic acids is 2. The number of imide groups is 1. The van der Waals surface area contributed by atoms with Crippen LogP contribution in [0.3, 0.4) is 0 Å². The second-order valence-corrected chi connectivity index (χ2v) is 6.92. The highest BCUT2D eigenvalue weighted by atomic mass is 32.2. The number of aromatic nitrogens is 4. The van der Waals surface area contributed by atoms with E-state index in [1.165, 1.54) is 11.8 Å². The molecule has 0 aliphatic carbocycles. The van der Waals surface area contributed by atoms with Crippen molar-refractivity contribution in [3.8, 4) is 0 Å². The van der Waals surface area contributed by atoms with Crippen molar-refractivity contribution in [2.75, 3.05) is 5.75 Å². The highest BCUT2D eigenvalue weighted by Crippen LogP contribution is 2.18. The lowest BCUT2D eigenvalue weighted by Crippen LogP contribution is -2.33. The Morgan fingerprint density at radius 1 is 1.11 bits per heavy atom. The van der Waals surface area contributed by atoms with Crippen LogP contribution in [0.5, 0.6) is 0 Å². The molecule has 1 aromatic carbocycles. The standard InChI is InChI=1S/C19H21N5O2S/c1-3-24-16(12-14-8-5-4-6-9-14)21-22-19(24)27-13-17(25)20-18(26)15-10-7-11-23(15)2/h4-11H,3,12-13H2,1-2H3,(H,20,25,26). The summed E-state index contributed by atoms with van der Waals surface area (Å²) in [7, 11) is 1.76. The van der Waals surface area contributed by atoms with E-state index in [1.54, 1.807) is 29.9 Å². The van der Waals surface area contributed by atoms with Gasteiger partial charge in [0.1, 0.15) is 11.5 Å². The van der Waals surface area contributed by atoms with Gasteiger partial charge in [-0.15, -0.1) is 10.2 Å². The highest BCUT2D eigenvalue weighted by molar-refractivity contribution is 7.99. The molecule has 3 rings (SSSR count). The van der Waals surface area contributed by atoms with Gasteiger partial charge >= 0.3 is 0 Å². The fourth-order valence-corrected chi connectivity index (χ4v) is 3.53. The molecule has 1 N–H and O–H groups in total. The number of carbonyl (C=O) groups is 2. The number of amides is 2. The number of hydrogen-bond acceptors (Lipinski definition) is 5. The molecule has 0 saturated carbocycles. The van der Waals surface area contributed by atoms with E-state index in [1.807, 2.05) is 41.8 Å². The molecule has 2 amide bonds. The number of benzene rings is 1. The van der Waals surface area contributed by atoms with E-state index in [-0.39, 0.29) is 11.7 Å². The fourth-order valence-electron chi connectivity index (χ4n) is 2.71. The van der Waals surface area contributed by atoms with Crippen LogP contribution in [0.25, 0.3) is 0 Å². The molecule has 0 fully saturated rings. The molecule has 7 nitrogen and oxygen atoms in total. The van der Waals surface area contributed by atoms with Gasteiger partial charge in [0, 0.05) is 26.2 Å². The van der Waals surface area contributed by atoms with Crippen LogP contribution in [0.1, 0.15) is 28.8 Å². The van der Waals surface area contributed by atoms with Crippen LogP contribution in [0, 0.1) is 0 Å². The van der Waals surface area contributed by atoms with Crippen LogP contribution in [0.2, 0.25) is 0 Å². The molecular formula is C19H21N5O2S. The lowest BCUT2D eigenvalue weighted by Gasteiger charge is -2.08. The smallest absolute Gasteiger partial charge is 0.274 e. The summed E-state index contributed by atoms with van der Waals surface area (Å²) in [6, 6.07) is 13.5. The summed E-state index contributed by atoms with van der Waals surface area (Å²) in [5, 5.41) is 11.5. The minimum atomic E-state index is -0.408. The molecule has 0 saturated heterocycles. The van der Waals surface area contributed by atoms with Gasteiger partial charge in [-0.05, 0) is 24.6 Å². The van der Waals surface area contributed by atoms with E-state index < -0.39 is 5.91 Å². The second kappa shape index (κ2) is 8.68. The third kappa shape index (κ3) is 4.65. The van der Waals surface area contributed by atoms with E-state index in [9.17, 15) is 9.59 Å². The third-order valence-corrected chi connectivity index (χ3v) is 5.04. The average Bonchev–Trinajstić information content (AvgIpc) is 3.26. The number of nitrogens with one attached hydrogen (secondary N) is 1. The molecule has 140 valence electrons. The van der Waals surface area contributed by atoms with Crippen LogP contribution >= 0.6 is 11.8 Å². The summed E-state index contributed by atoms with van der Waals surface area (Å²) < 4.78 is 3.66. The Labute approximate surface area is 161 Å². The van der Waals surface area contributed by atoms with Crippen molar-refractivity contribution in [3.05, 3.63) is 65.7 Å². The van der Waals surface area contributed by atoms with Crippen LogP contribution in [0.15, 0.2) is 53.8 Å². The maximum absolute atomic E-state index is 12.1. The SMILES string of the molecule is CCn1c(Cc2ccccc2)nnc1SCC(=O)NC(=O)c1cccn1C. The van der Waals surface area contributed by atoms with Gasteiger partial charge in [-0.25, -0.2) is 0 Å². The van der Waals surface area contributed by atoms with E-state index >= 15 is 0 Å². The van der Waals surface area contributed by atoms with Crippen molar-refractivity contribution in [3.63, 3.8) is 0 Å². The topological polar surface area (TPSA) is 81.8 Å². The maximum atomic E-state index is 12.1. The Kier molecular flexibility index (Phi) is 6.08. The van der Waals surface area contributed by atoms with Crippen molar-refractivity contribution in [1.82, 2.24) is 24.6 Å². The molecule has 0 radical (unpaired) electrons. The Hall–Kier alpha value is -2.87. The zero-order chi connectivity index (χ0) is 19.2. The van der Waals surface area contributed by atoms with Crippen molar-refractivity contribution in [2.45, 2.75) is 25.0 Å². The van der Waals surface area contributed by atoms with Crippen molar-refractivity contribution in [2.24, 2.45) is 7.05 Å². The molecular weight excluding hydrogens is 362 g/mol. The molecule has 2 heterocycles. The summed E-state index contributed by atoms with van der Waals surface area (Å²) >= 11 is 1.27. The second-order valence-electron chi connectivity index (χ2n) is 5.98. The quantitative estimate of drug-likeness (QED) is 0.633. The summed E-state index contributed by atoms with van der Waals surface area (Å²) in [6.07, 6.45) is 2.44. The number of rotatable bonds is 7. The van der Waals surface area contributed by atoms with Gasteiger partial charge in [-0.2, -0.15) is 0 Å². The number of hydrogen-bond donors (Lipinski definition) is 1. The lowest BCUT2D eigenvalue weighted by molar-refractivity contribution is -0.117. The van der Waals surface area contributed by atoms with E-state index in [0.29, 0.717) is 23.8 Å². The Morgan fingerprint density at radius 3 is 2.56 bits per heavy atom. The first-order valence-corrected chi connectivity index (χ1v) is 9.61. The van der Waals surface area contributed by atoms with Crippen LogP contribution < -0.4 is 5.32 Å². The Morgan fingerprint density at radius 2 is 1.89 bits per heavy atom. The molecule has 0 aliphatic heterocycles. The first kappa shape index (κ1) is 18.9. The van der Waals surface area contributed by atoms with E-state index in [4.69, 9.17) is 0 Å². The molecule has 27 heavy (non-hydrogen) atoms. The Balaban J connectivity index is 1.60. The minimum absolute atomic E-state index is 0.0969. The molecule has 8 heteroatoms. The number of thioether (sulfide) groups is 1. The van der Waals surface area contributed by atoms with Gasteiger partial charge in [0.2, 0.25) is 5.91 Å². The summed E-state index contributed by atoms with van der Waals surface area (Å²) in [6.45, 7) is 2.72. The van der Waals surface area contributed by atoms with Crippen LogP contribution in [-0.4, -0.2) is 36.9 Å². The highest BCUT2D eigenvalue weighted by Gasteiger charge is 2.16. The van der Waals surface area contributed by atoms with Crippen molar-refractivity contribution >= 4 is 23.6 Å². The molecule has 0 atom stereocenters.